The van der Waals surface area contributed by atoms with E-state index in [-0.39, 0.29) is 0 Å². The van der Waals surface area contributed by atoms with Crippen LogP contribution in [0.25, 0.3) is 0 Å². The molecule has 0 bridgehead atoms. The van der Waals surface area contributed by atoms with Gasteiger partial charge in [0.1, 0.15) is 0 Å². The largest absolute Gasteiger partial charge is 0.309 e. The molecular formula is C16H17N. The van der Waals surface area contributed by atoms with Gasteiger partial charge in [0.05, 0.1) is 0 Å². The topological polar surface area (TPSA) is 12.0 Å². The van der Waals surface area contributed by atoms with E-state index in [1.54, 1.807) is 0 Å². The van der Waals surface area contributed by atoms with Gasteiger partial charge in [-0.3, -0.25) is 0 Å². The Morgan fingerprint density at radius 2 is 1.65 bits per heavy atom. The third kappa shape index (κ3) is 1.87. The van der Waals surface area contributed by atoms with E-state index in [1.807, 2.05) is 0 Å². The summed E-state index contributed by atoms with van der Waals surface area (Å²) < 4.78 is 0. The predicted octanol–water partition coefficient (Wildman–Crippen LogP) is 3.31. The van der Waals surface area contributed by atoms with Gasteiger partial charge in [-0.15, -0.1) is 0 Å². The molecule has 2 aromatic rings. The van der Waals surface area contributed by atoms with Crippen molar-refractivity contribution in [3.63, 3.8) is 0 Å². The van der Waals surface area contributed by atoms with E-state index >= 15 is 0 Å². The van der Waals surface area contributed by atoms with Crippen LogP contribution in [-0.4, -0.2) is 6.04 Å². The lowest BCUT2D eigenvalue weighted by atomic mass is 9.81. The smallest absolute Gasteiger partial charge is 0.0244 e. The molecule has 0 saturated carbocycles. The van der Waals surface area contributed by atoms with Crippen LogP contribution in [0.15, 0.2) is 54.6 Å². The number of nitrogens with one attached hydrogen (secondary N) is 1. The fraction of sp³-hybridized carbons (Fsp3) is 0.250. The second-order valence-corrected chi connectivity index (χ2v) is 4.76. The summed E-state index contributed by atoms with van der Waals surface area (Å²) in [5, 5.41) is 3.59. The molecular weight excluding hydrogens is 206 g/mol. The molecule has 0 amide bonds. The van der Waals surface area contributed by atoms with Gasteiger partial charge in [-0.1, -0.05) is 54.6 Å². The van der Waals surface area contributed by atoms with Gasteiger partial charge in [-0.05, 0) is 23.6 Å². The second kappa shape index (κ2) is 4.34. The van der Waals surface area contributed by atoms with Crippen molar-refractivity contribution in [2.75, 3.05) is 0 Å². The van der Waals surface area contributed by atoms with E-state index in [1.165, 1.54) is 16.7 Å². The average molecular weight is 223 g/mol. The lowest BCUT2D eigenvalue weighted by Gasteiger charge is -2.32. The Kier molecular flexibility index (Phi) is 2.69. The van der Waals surface area contributed by atoms with E-state index in [0.717, 1.165) is 6.54 Å². The highest BCUT2D eigenvalue weighted by Crippen LogP contribution is 2.33. The minimum atomic E-state index is 0.473. The summed E-state index contributed by atoms with van der Waals surface area (Å²) in [6, 6.07) is 20.0. The first kappa shape index (κ1) is 10.5. The average Bonchev–Trinajstić information content (AvgIpc) is 2.39. The van der Waals surface area contributed by atoms with Crippen LogP contribution in [0.2, 0.25) is 0 Å². The van der Waals surface area contributed by atoms with Crippen molar-refractivity contribution in [1.82, 2.24) is 5.32 Å². The van der Waals surface area contributed by atoms with Gasteiger partial charge in [0.2, 0.25) is 0 Å². The van der Waals surface area contributed by atoms with Crippen LogP contribution in [0.3, 0.4) is 0 Å². The van der Waals surface area contributed by atoms with Crippen LogP contribution in [0.4, 0.5) is 0 Å². The Bertz CT molecular complexity index is 504. The van der Waals surface area contributed by atoms with Gasteiger partial charge in [-0.2, -0.15) is 0 Å². The molecule has 0 aliphatic carbocycles. The summed E-state index contributed by atoms with van der Waals surface area (Å²) in [4.78, 5) is 0. The molecule has 86 valence electrons. The van der Waals surface area contributed by atoms with Crippen LogP contribution in [0.1, 0.15) is 29.5 Å². The Hall–Kier alpha value is -1.60. The van der Waals surface area contributed by atoms with E-state index in [0.29, 0.717) is 12.0 Å². The molecule has 0 radical (unpaired) electrons. The van der Waals surface area contributed by atoms with E-state index in [4.69, 9.17) is 0 Å². The number of benzene rings is 2. The first-order chi connectivity index (χ1) is 8.36. The first-order valence-corrected chi connectivity index (χ1v) is 6.22. The van der Waals surface area contributed by atoms with Crippen molar-refractivity contribution in [3.8, 4) is 0 Å². The highest BCUT2D eigenvalue weighted by molar-refractivity contribution is 5.41. The summed E-state index contributed by atoms with van der Waals surface area (Å²) >= 11 is 0. The summed E-state index contributed by atoms with van der Waals surface area (Å²) in [5.41, 5.74) is 4.31. The molecule has 1 heterocycles. The normalized spacial score (nSPS) is 23.1. The van der Waals surface area contributed by atoms with E-state index < -0.39 is 0 Å². The van der Waals surface area contributed by atoms with Crippen LogP contribution in [-0.2, 0) is 6.54 Å². The molecule has 0 saturated heterocycles. The molecule has 0 spiro atoms. The van der Waals surface area contributed by atoms with Crippen molar-refractivity contribution in [2.45, 2.75) is 25.4 Å². The Morgan fingerprint density at radius 3 is 2.47 bits per heavy atom. The van der Waals surface area contributed by atoms with Crippen molar-refractivity contribution in [1.29, 1.82) is 0 Å². The molecule has 2 aromatic carbocycles. The molecule has 3 rings (SSSR count). The quantitative estimate of drug-likeness (QED) is 0.782. The minimum absolute atomic E-state index is 0.473. The van der Waals surface area contributed by atoms with Gasteiger partial charge in [-0.25, -0.2) is 0 Å². The van der Waals surface area contributed by atoms with Gasteiger partial charge in [0, 0.05) is 18.5 Å². The third-order valence-corrected chi connectivity index (χ3v) is 3.66. The second-order valence-electron chi connectivity index (χ2n) is 4.76. The van der Waals surface area contributed by atoms with Crippen molar-refractivity contribution in [2.24, 2.45) is 0 Å². The fourth-order valence-electron chi connectivity index (χ4n) is 2.79. The maximum absolute atomic E-state index is 3.59. The van der Waals surface area contributed by atoms with Crippen LogP contribution in [0, 0.1) is 0 Å². The summed E-state index contributed by atoms with van der Waals surface area (Å²) in [6.45, 7) is 3.26. The molecule has 1 nitrogen and oxygen atoms in total. The fourth-order valence-corrected chi connectivity index (χ4v) is 2.79. The maximum Gasteiger partial charge on any atom is 0.0244 e. The number of rotatable bonds is 1. The SMILES string of the molecule is C[C@@H]1NCc2ccccc2[C@H]1c1ccccc1. The molecule has 2 atom stereocenters. The minimum Gasteiger partial charge on any atom is -0.309 e. The molecule has 1 aliphatic rings. The van der Waals surface area contributed by atoms with Crippen molar-refractivity contribution in [3.05, 3.63) is 71.3 Å². The zero-order chi connectivity index (χ0) is 11.7. The molecule has 1 aliphatic heterocycles. The standard InChI is InChI=1S/C16H17N/c1-12-16(13-7-3-2-4-8-13)15-10-6-5-9-14(15)11-17-12/h2-10,12,16-17H,11H2,1H3/t12-,16+/m0/s1. The first-order valence-electron chi connectivity index (χ1n) is 6.22. The van der Waals surface area contributed by atoms with Crippen LogP contribution < -0.4 is 5.32 Å². The molecule has 1 heteroatoms. The van der Waals surface area contributed by atoms with E-state index in [9.17, 15) is 0 Å². The van der Waals surface area contributed by atoms with Crippen molar-refractivity contribution < 1.29 is 0 Å². The zero-order valence-electron chi connectivity index (χ0n) is 10.1. The Labute approximate surface area is 102 Å². The lowest BCUT2D eigenvalue weighted by molar-refractivity contribution is 0.466. The van der Waals surface area contributed by atoms with Gasteiger partial charge in [0.25, 0.3) is 0 Å². The number of fused-ring (bicyclic) bond motifs is 1. The van der Waals surface area contributed by atoms with Gasteiger partial charge < -0.3 is 5.32 Å². The number of hydrogen-bond donors (Lipinski definition) is 1. The highest BCUT2D eigenvalue weighted by atomic mass is 14.9. The molecule has 0 aromatic heterocycles. The molecule has 0 unspecified atom stereocenters. The maximum atomic E-state index is 3.59. The van der Waals surface area contributed by atoms with Gasteiger partial charge in [0.15, 0.2) is 0 Å². The molecule has 1 N–H and O–H groups in total. The zero-order valence-corrected chi connectivity index (χ0v) is 10.1. The summed E-state index contributed by atoms with van der Waals surface area (Å²) in [6.07, 6.45) is 0. The van der Waals surface area contributed by atoms with E-state index in [2.05, 4.69) is 66.8 Å². The molecule has 17 heavy (non-hydrogen) atoms. The Morgan fingerprint density at radius 1 is 0.941 bits per heavy atom. The van der Waals surface area contributed by atoms with Crippen LogP contribution in [0.5, 0.6) is 0 Å². The summed E-state index contributed by atoms with van der Waals surface area (Å²) in [7, 11) is 0. The Balaban J connectivity index is 2.10. The highest BCUT2D eigenvalue weighted by Gasteiger charge is 2.26. The molecule has 0 fully saturated rings. The van der Waals surface area contributed by atoms with Crippen LogP contribution >= 0.6 is 0 Å². The monoisotopic (exact) mass is 223 g/mol. The summed E-state index contributed by atoms with van der Waals surface area (Å²) in [5.74, 6) is 0.473. The lowest BCUT2D eigenvalue weighted by Crippen LogP contribution is -2.37. The number of hydrogen-bond acceptors (Lipinski definition) is 1. The van der Waals surface area contributed by atoms with Gasteiger partial charge >= 0.3 is 0 Å². The third-order valence-electron chi connectivity index (χ3n) is 3.66. The predicted molar refractivity (Wildman–Crippen MR) is 71.0 cm³/mol. The van der Waals surface area contributed by atoms with Crippen molar-refractivity contribution >= 4 is 0 Å².